The van der Waals surface area contributed by atoms with Crippen molar-refractivity contribution in [3.8, 4) is 11.1 Å². The van der Waals surface area contributed by atoms with Crippen molar-refractivity contribution in [2.75, 3.05) is 6.61 Å². The molecule has 0 saturated heterocycles. The number of benzene rings is 3. The maximum Gasteiger partial charge on any atom is 0.407 e. The molecule has 152 valence electrons. The number of halogens is 1. The summed E-state index contributed by atoms with van der Waals surface area (Å²) in [5.74, 6) is -1.35. The highest BCUT2D eigenvalue weighted by molar-refractivity contribution is 6.30. The Kier molecular flexibility index (Phi) is 5.72. The summed E-state index contributed by atoms with van der Waals surface area (Å²) in [4.78, 5) is 23.6. The molecule has 30 heavy (non-hydrogen) atoms. The molecule has 1 N–H and O–H groups in total. The average molecular weight is 421 g/mol. The van der Waals surface area contributed by atoms with E-state index in [-0.39, 0.29) is 18.9 Å². The highest BCUT2D eigenvalue weighted by atomic mass is 35.5. The third-order valence-electron chi connectivity index (χ3n) is 5.26. The van der Waals surface area contributed by atoms with Crippen molar-refractivity contribution in [3.63, 3.8) is 0 Å². The van der Waals surface area contributed by atoms with Crippen LogP contribution in [0, 0.1) is 0 Å². The molecule has 0 spiro atoms. The van der Waals surface area contributed by atoms with Crippen molar-refractivity contribution in [3.05, 3.63) is 94.5 Å². The van der Waals surface area contributed by atoms with Crippen LogP contribution in [0.3, 0.4) is 0 Å². The number of ether oxygens (including phenoxy) is 1. The van der Waals surface area contributed by atoms with Gasteiger partial charge < -0.3 is 20.0 Å². The van der Waals surface area contributed by atoms with Crippen LogP contribution in [0.5, 0.6) is 0 Å². The van der Waals surface area contributed by atoms with E-state index in [4.69, 9.17) is 16.3 Å². The molecule has 0 saturated carbocycles. The molecule has 1 aliphatic rings. The zero-order chi connectivity index (χ0) is 21.1. The summed E-state index contributed by atoms with van der Waals surface area (Å²) in [6.45, 7) is 0.146. The SMILES string of the molecule is O=C([O-])C[C@@H](NC(=O)OCC1c2ccccc2-c2ccccc21)c1cccc(Cl)c1. The molecule has 0 aromatic heterocycles. The highest BCUT2D eigenvalue weighted by Crippen LogP contribution is 2.44. The lowest BCUT2D eigenvalue weighted by Gasteiger charge is -2.21. The summed E-state index contributed by atoms with van der Waals surface area (Å²) in [5.41, 5.74) is 5.05. The molecule has 1 amide bonds. The molecule has 3 aromatic carbocycles. The smallest absolute Gasteiger partial charge is 0.407 e. The number of carboxylic acid groups (broad SMARTS) is 1. The van der Waals surface area contributed by atoms with E-state index in [1.165, 1.54) is 0 Å². The van der Waals surface area contributed by atoms with Crippen molar-refractivity contribution in [2.24, 2.45) is 0 Å². The van der Waals surface area contributed by atoms with Gasteiger partial charge in [0.05, 0.1) is 6.04 Å². The Hall–Kier alpha value is -3.31. The molecule has 6 heteroatoms. The fourth-order valence-electron chi connectivity index (χ4n) is 3.92. The summed E-state index contributed by atoms with van der Waals surface area (Å²) in [6, 6.07) is 22.0. The second-order valence-electron chi connectivity index (χ2n) is 7.15. The van der Waals surface area contributed by atoms with Gasteiger partial charge in [-0.25, -0.2) is 4.79 Å². The lowest BCUT2D eigenvalue weighted by atomic mass is 9.98. The molecule has 0 heterocycles. The van der Waals surface area contributed by atoms with Crippen LogP contribution in [0.25, 0.3) is 11.1 Å². The van der Waals surface area contributed by atoms with Crippen LogP contribution in [-0.4, -0.2) is 18.7 Å². The monoisotopic (exact) mass is 420 g/mol. The van der Waals surface area contributed by atoms with Gasteiger partial charge in [0.2, 0.25) is 0 Å². The summed E-state index contributed by atoms with van der Waals surface area (Å²) in [6.07, 6.45) is -1.08. The van der Waals surface area contributed by atoms with Crippen molar-refractivity contribution in [1.82, 2.24) is 5.32 Å². The van der Waals surface area contributed by atoms with Crippen LogP contribution < -0.4 is 10.4 Å². The van der Waals surface area contributed by atoms with E-state index in [2.05, 4.69) is 17.4 Å². The Morgan fingerprint density at radius 3 is 2.20 bits per heavy atom. The first-order valence-corrected chi connectivity index (χ1v) is 9.97. The Balaban J connectivity index is 1.48. The van der Waals surface area contributed by atoms with E-state index in [9.17, 15) is 14.7 Å². The Morgan fingerprint density at radius 1 is 0.967 bits per heavy atom. The van der Waals surface area contributed by atoms with Gasteiger partial charge >= 0.3 is 6.09 Å². The van der Waals surface area contributed by atoms with Crippen LogP contribution in [0.4, 0.5) is 4.79 Å². The third kappa shape index (κ3) is 4.16. The second-order valence-corrected chi connectivity index (χ2v) is 7.59. The van der Waals surface area contributed by atoms with Crippen molar-refractivity contribution < 1.29 is 19.4 Å². The summed E-state index contributed by atoms with van der Waals surface area (Å²) in [5, 5.41) is 14.2. The van der Waals surface area contributed by atoms with Gasteiger partial charge in [-0.1, -0.05) is 72.3 Å². The summed E-state index contributed by atoms with van der Waals surface area (Å²) in [7, 11) is 0. The molecule has 0 fully saturated rings. The molecule has 0 bridgehead atoms. The zero-order valence-electron chi connectivity index (χ0n) is 16.0. The number of alkyl carbamates (subject to hydrolysis) is 1. The predicted octanol–water partition coefficient (Wildman–Crippen LogP) is 4.06. The molecule has 3 aromatic rings. The van der Waals surface area contributed by atoms with Gasteiger partial charge in [-0.3, -0.25) is 0 Å². The van der Waals surface area contributed by atoms with Gasteiger partial charge in [0.1, 0.15) is 6.61 Å². The fraction of sp³-hybridized carbons (Fsp3) is 0.167. The average Bonchev–Trinajstić information content (AvgIpc) is 3.05. The first kappa shape index (κ1) is 20.0. The minimum atomic E-state index is -1.28. The van der Waals surface area contributed by atoms with E-state index >= 15 is 0 Å². The summed E-state index contributed by atoms with van der Waals surface area (Å²) >= 11 is 6.00. The minimum absolute atomic E-state index is 0.0751. The molecule has 0 radical (unpaired) electrons. The van der Waals surface area contributed by atoms with Crippen LogP contribution in [0.1, 0.15) is 35.1 Å². The number of hydrogen-bond donors (Lipinski definition) is 1. The summed E-state index contributed by atoms with van der Waals surface area (Å²) < 4.78 is 5.51. The van der Waals surface area contributed by atoms with Crippen LogP contribution in [-0.2, 0) is 9.53 Å². The Morgan fingerprint density at radius 2 is 1.60 bits per heavy atom. The molecule has 5 nitrogen and oxygen atoms in total. The van der Waals surface area contributed by atoms with Crippen molar-refractivity contribution in [1.29, 1.82) is 0 Å². The van der Waals surface area contributed by atoms with Crippen molar-refractivity contribution in [2.45, 2.75) is 18.4 Å². The van der Waals surface area contributed by atoms with E-state index in [1.807, 2.05) is 36.4 Å². The lowest BCUT2D eigenvalue weighted by molar-refractivity contribution is -0.306. The number of hydrogen-bond acceptors (Lipinski definition) is 4. The molecule has 0 unspecified atom stereocenters. The number of carbonyl (C=O) groups is 2. The Labute approximate surface area is 179 Å². The highest BCUT2D eigenvalue weighted by Gasteiger charge is 2.29. The number of aliphatic carboxylic acids is 1. The lowest BCUT2D eigenvalue weighted by Crippen LogP contribution is -2.35. The quantitative estimate of drug-likeness (QED) is 0.652. The van der Waals surface area contributed by atoms with Gasteiger partial charge in [0.15, 0.2) is 0 Å². The third-order valence-corrected chi connectivity index (χ3v) is 5.49. The second kappa shape index (κ2) is 8.59. The van der Waals surface area contributed by atoms with Crippen molar-refractivity contribution >= 4 is 23.7 Å². The fourth-order valence-corrected chi connectivity index (χ4v) is 4.12. The molecular weight excluding hydrogens is 402 g/mol. The van der Waals surface area contributed by atoms with Gasteiger partial charge in [-0.15, -0.1) is 0 Å². The maximum absolute atomic E-state index is 12.5. The van der Waals surface area contributed by atoms with Gasteiger partial charge in [-0.05, 0) is 39.9 Å². The number of fused-ring (bicyclic) bond motifs is 3. The number of amides is 1. The maximum atomic E-state index is 12.5. The standard InChI is InChI=1S/C24H20ClNO4/c25-16-7-5-6-15(12-16)22(13-23(27)28)26-24(29)30-14-21-19-10-3-1-8-17(19)18-9-2-4-11-20(18)21/h1-12,21-22H,13-14H2,(H,26,29)(H,27,28)/p-1/t22-/m1/s1. The van der Waals surface area contributed by atoms with Gasteiger partial charge in [0.25, 0.3) is 0 Å². The number of carbonyl (C=O) groups excluding carboxylic acids is 2. The zero-order valence-corrected chi connectivity index (χ0v) is 16.8. The van der Waals surface area contributed by atoms with Crippen LogP contribution in [0.2, 0.25) is 5.02 Å². The van der Waals surface area contributed by atoms with E-state index < -0.39 is 18.1 Å². The van der Waals surface area contributed by atoms with Crippen LogP contribution in [0.15, 0.2) is 72.8 Å². The number of rotatable bonds is 6. The van der Waals surface area contributed by atoms with Crippen LogP contribution >= 0.6 is 11.6 Å². The predicted molar refractivity (Wildman–Crippen MR) is 112 cm³/mol. The number of carboxylic acids is 1. The molecule has 4 rings (SSSR count). The van der Waals surface area contributed by atoms with E-state index in [0.29, 0.717) is 10.6 Å². The molecule has 1 aliphatic carbocycles. The van der Waals surface area contributed by atoms with Gasteiger partial charge in [-0.2, -0.15) is 0 Å². The molecule has 0 aliphatic heterocycles. The molecule has 1 atom stereocenters. The normalized spacial score (nSPS) is 13.2. The first-order chi connectivity index (χ1) is 14.5. The number of nitrogens with one attached hydrogen (secondary N) is 1. The topological polar surface area (TPSA) is 78.5 Å². The minimum Gasteiger partial charge on any atom is -0.550 e. The van der Waals surface area contributed by atoms with E-state index in [1.54, 1.807) is 24.3 Å². The molecular formula is C24H19ClNO4-. The van der Waals surface area contributed by atoms with Gasteiger partial charge in [0, 0.05) is 23.3 Å². The first-order valence-electron chi connectivity index (χ1n) is 9.59. The Bertz CT molecular complexity index is 1050. The largest absolute Gasteiger partial charge is 0.550 e. The van der Waals surface area contributed by atoms with E-state index in [0.717, 1.165) is 22.3 Å².